The molecule has 0 fully saturated rings. The number of aromatic amines is 1. The van der Waals surface area contributed by atoms with E-state index in [-0.39, 0.29) is 5.91 Å². The van der Waals surface area contributed by atoms with Crippen molar-refractivity contribution < 1.29 is 4.79 Å². The quantitative estimate of drug-likeness (QED) is 0.697. The summed E-state index contributed by atoms with van der Waals surface area (Å²) in [5.41, 5.74) is 7.51. The Bertz CT molecular complexity index is 493. The summed E-state index contributed by atoms with van der Waals surface area (Å²) >= 11 is 0. The number of H-pyrrole nitrogens is 1. The van der Waals surface area contributed by atoms with Crippen LogP contribution in [0.5, 0.6) is 0 Å². The predicted molar refractivity (Wildman–Crippen MR) is 66.4 cm³/mol. The lowest BCUT2D eigenvalue weighted by molar-refractivity contribution is -0.116. The highest BCUT2D eigenvalue weighted by atomic mass is 16.1. The minimum Gasteiger partial charge on any atom is -0.399 e. The summed E-state index contributed by atoms with van der Waals surface area (Å²) < 4.78 is 0. The molecule has 0 spiro atoms. The number of hydrogen-bond donors (Lipinski definition) is 3. The fourth-order valence-electron chi connectivity index (χ4n) is 1.55. The number of nitrogen functional groups attached to an aromatic ring is 1. The summed E-state index contributed by atoms with van der Waals surface area (Å²) in [6.07, 6.45) is 2.62. The van der Waals surface area contributed by atoms with Gasteiger partial charge in [0.25, 0.3) is 0 Å². The molecule has 5 heteroatoms. The molecular weight excluding hydrogens is 216 g/mol. The minimum absolute atomic E-state index is 0.0579. The van der Waals surface area contributed by atoms with Gasteiger partial charge in [-0.15, -0.1) is 0 Å². The Labute approximate surface area is 99.0 Å². The first-order valence-electron chi connectivity index (χ1n) is 5.38. The van der Waals surface area contributed by atoms with Crippen molar-refractivity contribution in [3.05, 3.63) is 42.1 Å². The molecule has 0 atom stereocenters. The van der Waals surface area contributed by atoms with Gasteiger partial charge in [-0.05, 0) is 18.1 Å². The van der Waals surface area contributed by atoms with E-state index in [0.717, 1.165) is 11.3 Å². The zero-order valence-electron chi connectivity index (χ0n) is 9.31. The molecule has 1 amide bonds. The Morgan fingerprint density at radius 1 is 1.35 bits per heavy atom. The van der Waals surface area contributed by atoms with Crippen molar-refractivity contribution in [2.45, 2.75) is 12.8 Å². The molecule has 2 aromatic rings. The molecule has 1 aromatic heterocycles. The summed E-state index contributed by atoms with van der Waals surface area (Å²) in [6.45, 7) is 0. The average molecular weight is 230 g/mol. The number of benzene rings is 1. The van der Waals surface area contributed by atoms with E-state index in [1.54, 1.807) is 12.3 Å². The Balaban J connectivity index is 1.86. The molecule has 0 radical (unpaired) electrons. The second-order valence-electron chi connectivity index (χ2n) is 3.72. The van der Waals surface area contributed by atoms with Crippen LogP contribution in [0.1, 0.15) is 12.0 Å². The summed E-state index contributed by atoms with van der Waals surface area (Å²) in [6, 6.07) is 9.26. The van der Waals surface area contributed by atoms with Gasteiger partial charge in [0, 0.05) is 18.2 Å². The lowest BCUT2D eigenvalue weighted by atomic mass is 10.1. The first-order valence-corrected chi connectivity index (χ1v) is 5.38. The van der Waals surface area contributed by atoms with Gasteiger partial charge in [0.1, 0.15) is 5.82 Å². The van der Waals surface area contributed by atoms with Crippen LogP contribution >= 0.6 is 0 Å². The van der Waals surface area contributed by atoms with E-state index in [1.807, 2.05) is 24.3 Å². The largest absolute Gasteiger partial charge is 0.399 e. The van der Waals surface area contributed by atoms with Crippen molar-refractivity contribution in [2.75, 3.05) is 11.1 Å². The SMILES string of the molecule is Nc1ccccc1CCC(=O)Nc1ccn[nH]1. The molecule has 0 saturated heterocycles. The van der Waals surface area contributed by atoms with E-state index in [4.69, 9.17) is 5.73 Å². The van der Waals surface area contributed by atoms with Crippen LogP contribution in [0.2, 0.25) is 0 Å². The van der Waals surface area contributed by atoms with Crippen LogP contribution in [-0.2, 0) is 11.2 Å². The fourth-order valence-corrected chi connectivity index (χ4v) is 1.55. The Morgan fingerprint density at radius 3 is 2.88 bits per heavy atom. The zero-order valence-corrected chi connectivity index (χ0v) is 9.31. The van der Waals surface area contributed by atoms with E-state index >= 15 is 0 Å². The number of hydrogen-bond acceptors (Lipinski definition) is 3. The summed E-state index contributed by atoms with van der Waals surface area (Å²) in [4.78, 5) is 11.6. The number of amides is 1. The number of anilines is 2. The van der Waals surface area contributed by atoms with Crippen molar-refractivity contribution in [2.24, 2.45) is 0 Å². The van der Waals surface area contributed by atoms with E-state index < -0.39 is 0 Å². The van der Waals surface area contributed by atoms with Gasteiger partial charge >= 0.3 is 0 Å². The molecule has 2 rings (SSSR count). The second-order valence-corrected chi connectivity index (χ2v) is 3.72. The van der Waals surface area contributed by atoms with Crippen molar-refractivity contribution >= 4 is 17.4 Å². The van der Waals surface area contributed by atoms with E-state index in [2.05, 4.69) is 15.5 Å². The molecule has 0 bridgehead atoms. The van der Waals surface area contributed by atoms with Crippen molar-refractivity contribution in [3.63, 3.8) is 0 Å². The normalized spacial score (nSPS) is 10.1. The fraction of sp³-hybridized carbons (Fsp3) is 0.167. The molecule has 1 heterocycles. The van der Waals surface area contributed by atoms with E-state index in [9.17, 15) is 4.79 Å². The van der Waals surface area contributed by atoms with Crippen LogP contribution < -0.4 is 11.1 Å². The van der Waals surface area contributed by atoms with Crippen LogP contribution in [0.3, 0.4) is 0 Å². The van der Waals surface area contributed by atoms with E-state index in [0.29, 0.717) is 18.7 Å². The maximum absolute atomic E-state index is 11.6. The maximum atomic E-state index is 11.6. The molecule has 0 aliphatic carbocycles. The molecule has 0 saturated carbocycles. The molecular formula is C12H14N4O. The van der Waals surface area contributed by atoms with Crippen LogP contribution in [0, 0.1) is 0 Å². The van der Waals surface area contributed by atoms with Crippen LogP contribution in [0.4, 0.5) is 11.5 Å². The van der Waals surface area contributed by atoms with Gasteiger partial charge in [0.15, 0.2) is 0 Å². The number of nitrogens with two attached hydrogens (primary N) is 1. The number of aryl methyl sites for hydroxylation is 1. The second kappa shape index (κ2) is 5.16. The van der Waals surface area contributed by atoms with Crippen LogP contribution in [-0.4, -0.2) is 16.1 Å². The van der Waals surface area contributed by atoms with Gasteiger partial charge in [-0.3, -0.25) is 9.89 Å². The minimum atomic E-state index is -0.0579. The summed E-state index contributed by atoms with van der Waals surface area (Å²) in [5, 5.41) is 9.13. The Hall–Kier alpha value is -2.30. The van der Waals surface area contributed by atoms with Gasteiger partial charge in [-0.2, -0.15) is 5.10 Å². The van der Waals surface area contributed by atoms with Gasteiger partial charge in [0.05, 0.1) is 6.20 Å². The molecule has 88 valence electrons. The maximum Gasteiger partial charge on any atom is 0.225 e. The van der Waals surface area contributed by atoms with Gasteiger partial charge in [-0.1, -0.05) is 18.2 Å². The van der Waals surface area contributed by atoms with Crippen LogP contribution in [0.25, 0.3) is 0 Å². The number of aromatic nitrogens is 2. The summed E-state index contributed by atoms with van der Waals surface area (Å²) in [7, 11) is 0. The molecule has 0 aliphatic rings. The number of nitrogens with zero attached hydrogens (tertiary/aromatic N) is 1. The van der Waals surface area contributed by atoms with E-state index in [1.165, 1.54) is 0 Å². The molecule has 5 nitrogen and oxygen atoms in total. The number of carbonyl (C=O) groups excluding carboxylic acids is 1. The summed E-state index contributed by atoms with van der Waals surface area (Å²) in [5.74, 6) is 0.550. The monoisotopic (exact) mass is 230 g/mol. The number of nitrogens with one attached hydrogen (secondary N) is 2. The number of rotatable bonds is 4. The first kappa shape index (κ1) is 11.2. The standard InChI is InChI=1S/C12H14N4O/c13-10-4-2-1-3-9(10)5-6-12(17)15-11-7-8-14-16-11/h1-4,7-8H,5-6,13H2,(H2,14,15,16,17). The average Bonchev–Trinajstić information content (AvgIpc) is 2.81. The highest BCUT2D eigenvalue weighted by Gasteiger charge is 2.05. The molecule has 4 N–H and O–H groups in total. The Kier molecular flexibility index (Phi) is 3.40. The van der Waals surface area contributed by atoms with Gasteiger partial charge in [-0.25, -0.2) is 0 Å². The number of para-hydroxylation sites is 1. The van der Waals surface area contributed by atoms with Crippen molar-refractivity contribution in [3.8, 4) is 0 Å². The Morgan fingerprint density at radius 2 is 2.18 bits per heavy atom. The predicted octanol–water partition coefficient (Wildman–Crippen LogP) is 1.56. The highest BCUT2D eigenvalue weighted by molar-refractivity contribution is 5.89. The van der Waals surface area contributed by atoms with Crippen molar-refractivity contribution in [1.29, 1.82) is 0 Å². The van der Waals surface area contributed by atoms with Crippen molar-refractivity contribution in [1.82, 2.24) is 10.2 Å². The molecule has 0 aliphatic heterocycles. The third kappa shape index (κ3) is 3.07. The molecule has 17 heavy (non-hydrogen) atoms. The smallest absolute Gasteiger partial charge is 0.225 e. The van der Waals surface area contributed by atoms with Gasteiger partial charge < -0.3 is 11.1 Å². The third-order valence-corrected chi connectivity index (χ3v) is 2.45. The molecule has 0 unspecified atom stereocenters. The van der Waals surface area contributed by atoms with Gasteiger partial charge in [0.2, 0.25) is 5.91 Å². The topological polar surface area (TPSA) is 83.8 Å². The number of carbonyl (C=O) groups is 1. The molecule has 1 aromatic carbocycles. The highest BCUT2D eigenvalue weighted by Crippen LogP contribution is 2.13. The lowest BCUT2D eigenvalue weighted by Crippen LogP contribution is -2.13. The first-order chi connectivity index (χ1) is 8.25. The zero-order chi connectivity index (χ0) is 12.1. The lowest BCUT2D eigenvalue weighted by Gasteiger charge is -2.05. The third-order valence-electron chi connectivity index (χ3n) is 2.45. The van der Waals surface area contributed by atoms with Crippen LogP contribution in [0.15, 0.2) is 36.5 Å².